The molecule has 1 N–H and O–H groups in total. The molecule has 0 amide bonds. The van der Waals surface area contributed by atoms with Gasteiger partial charge in [0.15, 0.2) is 0 Å². The van der Waals surface area contributed by atoms with E-state index in [1.807, 2.05) is 0 Å². The van der Waals surface area contributed by atoms with E-state index in [4.69, 9.17) is 4.42 Å². The first-order valence-electron chi connectivity index (χ1n) is 6.89. The second-order valence-corrected chi connectivity index (χ2v) is 4.83. The minimum absolute atomic E-state index is 0.707. The highest BCUT2D eigenvalue weighted by molar-refractivity contribution is 5.64. The van der Waals surface area contributed by atoms with Gasteiger partial charge in [-0.1, -0.05) is 25.1 Å². The van der Waals surface area contributed by atoms with E-state index in [2.05, 4.69) is 46.4 Å². The molecule has 2 aromatic rings. The summed E-state index contributed by atoms with van der Waals surface area (Å²) in [7, 11) is 0. The van der Waals surface area contributed by atoms with E-state index in [0.29, 0.717) is 6.01 Å². The zero-order valence-corrected chi connectivity index (χ0v) is 11.2. The van der Waals surface area contributed by atoms with Crippen molar-refractivity contribution in [2.45, 2.75) is 26.3 Å². The monoisotopic (exact) mass is 257 g/mol. The van der Waals surface area contributed by atoms with Crippen molar-refractivity contribution in [1.82, 2.24) is 10.3 Å². The molecule has 0 fully saturated rings. The summed E-state index contributed by atoms with van der Waals surface area (Å²) in [5.41, 5.74) is 3.55. The Morgan fingerprint density at radius 1 is 1.37 bits per heavy atom. The fourth-order valence-electron chi connectivity index (χ4n) is 2.43. The molecule has 0 bridgehead atoms. The molecule has 100 valence electrons. The van der Waals surface area contributed by atoms with Gasteiger partial charge >= 0.3 is 6.01 Å². The van der Waals surface area contributed by atoms with Gasteiger partial charge in [-0.15, -0.1) is 0 Å². The largest absolute Gasteiger partial charge is 0.431 e. The number of anilines is 2. The second-order valence-electron chi connectivity index (χ2n) is 4.83. The van der Waals surface area contributed by atoms with Gasteiger partial charge in [-0.05, 0) is 31.0 Å². The molecular weight excluding hydrogens is 238 g/mol. The Morgan fingerprint density at radius 2 is 2.26 bits per heavy atom. The Labute approximate surface area is 113 Å². The number of rotatable bonds is 5. The summed E-state index contributed by atoms with van der Waals surface area (Å²) in [6, 6.07) is 9.14. The first-order valence-corrected chi connectivity index (χ1v) is 6.89. The van der Waals surface area contributed by atoms with E-state index >= 15 is 0 Å². The van der Waals surface area contributed by atoms with Crippen LogP contribution in [0.4, 0.5) is 11.7 Å². The molecule has 2 heterocycles. The van der Waals surface area contributed by atoms with Crippen molar-refractivity contribution in [3.05, 3.63) is 41.8 Å². The summed E-state index contributed by atoms with van der Waals surface area (Å²) < 4.78 is 5.61. The van der Waals surface area contributed by atoms with Gasteiger partial charge in [0, 0.05) is 18.8 Å². The van der Waals surface area contributed by atoms with E-state index in [-0.39, 0.29) is 0 Å². The number of benzene rings is 1. The van der Waals surface area contributed by atoms with Crippen molar-refractivity contribution in [2.75, 3.05) is 18.0 Å². The zero-order valence-electron chi connectivity index (χ0n) is 11.2. The summed E-state index contributed by atoms with van der Waals surface area (Å²) in [5.74, 6) is 0. The molecule has 0 atom stereocenters. The molecule has 0 saturated heterocycles. The molecule has 4 nitrogen and oxygen atoms in total. The van der Waals surface area contributed by atoms with Crippen LogP contribution in [0.5, 0.6) is 0 Å². The molecule has 0 radical (unpaired) electrons. The minimum Gasteiger partial charge on any atom is -0.431 e. The average molecular weight is 257 g/mol. The van der Waals surface area contributed by atoms with Crippen molar-refractivity contribution in [2.24, 2.45) is 0 Å². The van der Waals surface area contributed by atoms with Gasteiger partial charge in [0.25, 0.3) is 0 Å². The van der Waals surface area contributed by atoms with Crippen LogP contribution in [0.3, 0.4) is 0 Å². The Balaban J connectivity index is 1.74. The van der Waals surface area contributed by atoms with E-state index in [0.717, 1.165) is 38.2 Å². The van der Waals surface area contributed by atoms with Crippen LogP contribution in [0.1, 0.15) is 24.6 Å². The summed E-state index contributed by atoms with van der Waals surface area (Å²) in [6.45, 7) is 4.88. The van der Waals surface area contributed by atoms with Gasteiger partial charge in [-0.2, -0.15) is 4.98 Å². The smallest absolute Gasteiger partial charge is 0.302 e. The van der Waals surface area contributed by atoms with Gasteiger partial charge in [-0.25, -0.2) is 0 Å². The highest BCUT2D eigenvalue weighted by Crippen LogP contribution is 2.33. The fraction of sp³-hybridized carbons (Fsp3) is 0.400. The molecule has 1 aromatic carbocycles. The number of para-hydroxylation sites is 1. The molecule has 19 heavy (non-hydrogen) atoms. The predicted molar refractivity (Wildman–Crippen MR) is 75.7 cm³/mol. The molecule has 3 rings (SSSR count). The maximum absolute atomic E-state index is 5.61. The van der Waals surface area contributed by atoms with Crippen molar-refractivity contribution in [1.29, 1.82) is 0 Å². The zero-order chi connectivity index (χ0) is 13.1. The molecule has 0 spiro atoms. The third kappa shape index (κ3) is 2.49. The van der Waals surface area contributed by atoms with Gasteiger partial charge < -0.3 is 9.73 Å². The lowest BCUT2D eigenvalue weighted by atomic mass is 10.2. The minimum atomic E-state index is 0.707. The number of aromatic nitrogens is 1. The predicted octanol–water partition coefficient (Wildman–Crippen LogP) is 2.87. The van der Waals surface area contributed by atoms with E-state index in [9.17, 15) is 0 Å². The first-order chi connectivity index (χ1) is 9.38. The second kappa shape index (κ2) is 5.45. The van der Waals surface area contributed by atoms with Crippen LogP contribution in [0.15, 0.2) is 34.9 Å². The summed E-state index contributed by atoms with van der Waals surface area (Å²) in [6.07, 6.45) is 3.94. The van der Waals surface area contributed by atoms with E-state index in [1.54, 1.807) is 6.26 Å². The molecule has 1 aromatic heterocycles. The lowest BCUT2D eigenvalue weighted by molar-refractivity contribution is 0.553. The number of nitrogens with one attached hydrogen (secondary N) is 1. The molecule has 1 aliphatic rings. The standard InChI is InChI=1S/C15H19N3O/c1-2-8-16-10-13-11-19-15(17-13)18-9-7-12-5-3-4-6-14(12)18/h3-6,11,16H,2,7-10H2,1H3. The molecule has 4 heteroatoms. The van der Waals surface area contributed by atoms with E-state index < -0.39 is 0 Å². The Bertz CT molecular complexity index is 550. The highest BCUT2D eigenvalue weighted by Gasteiger charge is 2.23. The Morgan fingerprint density at radius 3 is 3.16 bits per heavy atom. The van der Waals surface area contributed by atoms with Crippen LogP contribution in [0.25, 0.3) is 0 Å². The number of hydrogen-bond donors (Lipinski definition) is 1. The molecular formula is C15H19N3O. The van der Waals surface area contributed by atoms with Gasteiger partial charge in [-0.3, -0.25) is 4.90 Å². The quantitative estimate of drug-likeness (QED) is 0.836. The summed E-state index contributed by atoms with van der Waals surface area (Å²) in [4.78, 5) is 6.71. The maximum atomic E-state index is 5.61. The molecule has 0 saturated carbocycles. The number of oxazole rings is 1. The average Bonchev–Trinajstić information content (AvgIpc) is 3.05. The fourth-order valence-corrected chi connectivity index (χ4v) is 2.43. The van der Waals surface area contributed by atoms with Crippen molar-refractivity contribution in [3.8, 4) is 0 Å². The Kier molecular flexibility index (Phi) is 3.51. The van der Waals surface area contributed by atoms with Crippen molar-refractivity contribution in [3.63, 3.8) is 0 Å². The SMILES string of the molecule is CCCNCc1coc(N2CCc3ccccc32)n1. The van der Waals surface area contributed by atoms with Crippen LogP contribution < -0.4 is 10.2 Å². The van der Waals surface area contributed by atoms with Gasteiger partial charge in [0.2, 0.25) is 0 Å². The van der Waals surface area contributed by atoms with Crippen molar-refractivity contribution < 1.29 is 4.42 Å². The third-order valence-electron chi connectivity index (χ3n) is 3.39. The molecule has 0 aliphatic carbocycles. The first kappa shape index (κ1) is 12.2. The van der Waals surface area contributed by atoms with Gasteiger partial charge in [0.05, 0.1) is 5.69 Å². The third-order valence-corrected chi connectivity index (χ3v) is 3.39. The van der Waals surface area contributed by atoms with Gasteiger partial charge in [0.1, 0.15) is 6.26 Å². The van der Waals surface area contributed by atoms with E-state index in [1.165, 1.54) is 11.3 Å². The number of nitrogens with zero attached hydrogens (tertiary/aromatic N) is 2. The van der Waals surface area contributed by atoms with Crippen LogP contribution in [0.2, 0.25) is 0 Å². The Hall–Kier alpha value is -1.81. The van der Waals surface area contributed by atoms with Crippen LogP contribution in [-0.2, 0) is 13.0 Å². The number of fused-ring (bicyclic) bond motifs is 1. The maximum Gasteiger partial charge on any atom is 0.302 e. The molecule has 1 aliphatic heterocycles. The lowest BCUT2D eigenvalue weighted by Crippen LogP contribution is -2.15. The number of hydrogen-bond acceptors (Lipinski definition) is 4. The lowest BCUT2D eigenvalue weighted by Gasteiger charge is -2.13. The normalized spacial score (nSPS) is 13.8. The van der Waals surface area contributed by atoms with Crippen LogP contribution in [0, 0.1) is 0 Å². The van der Waals surface area contributed by atoms with Crippen LogP contribution >= 0.6 is 0 Å². The van der Waals surface area contributed by atoms with Crippen LogP contribution in [-0.4, -0.2) is 18.1 Å². The summed E-state index contributed by atoms with van der Waals surface area (Å²) in [5, 5.41) is 3.33. The topological polar surface area (TPSA) is 41.3 Å². The molecule has 0 unspecified atom stereocenters. The van der Waals surface area contributed by atoms with Crippen molar-refractivity contribution >= 4 is 11.7 Å². The summed E-state index contributed by atoms with van der Waals surface area (Å²) >= 11 is 0. The highest BCUT2D eigenvalue weighted by atomic mass is 16.4.